The summed E-state index contributed by atoms with van der Waals surface area (Å²) in [4.78, 5) is 19.0. The van der Waals surface area contributed by atoms with Crippen molar-refractivity contribution in [2.75, 3.05) is 32.7 Å². The molecule has 0 spiro atoms. The number of benzene rings is 3. The Balaban J connectivity index is 1.16. The SMILES string of the molecule is CC1=CCCC2(C)C(CCC2(O)CN2CCN(C(c3ccccc3)c3ccc(Cl)cc3)CC2)c2ccc(cc2C(=O)c2ccco2)CC(O)CC1. The maximum atomic E-state index is 14.0. The third-order valence-electron chi connectivity index (χ3n) is 12.2. The van der Waals surface area contributed by atoms with Gasteiger partial charge in [-0.1, -0.05) is 84.8 Å². The number of piperazine rings is 1. The Labute approximate surface area is 307 Å². The van der Waals surface area contributed by atoms with Gasteiger partial charge in [0.15, 0.2) is 5.76 Å². The summed E-state index contributed by atoms with van der Waals surface area (Å²) in [6.45, 7) is 8.50. The van der Waals surface area contributed by atoms with Gasteiger partial charge in [0.2, 0.25) is 5.78 Å². The second-order valence-electron chi connectivity index (χ2n) is 15.4. The van der Waals surface area contributed by atoms with Gasteiger partial charge in [0.25, 0.3) is 0 Å². The Hall–Kier alpha value is -3.52. The van der Waals surface area contributed by atoms with Gasteiger partial charge in [-0.25, -0.2) is 0 Å². The van der Waals surface area contributed by atoms with Crippen molar-refractivity contribution >= 4 is 17.4 Å². The number of carbonyl (C=O) groups excluding carboxylic acids is 1. The van der Waals surface area contributed by atoms with Crippen LogP contribution in [-0.4, -0.2) is 70.2 Å². The number of allylic oxidation sites excluding steroid dienone is 2. The van der Waals surface area contributed by atoms with Crippen LogP contribution >= 0.6 is 11.6 Å². The zero-order valence-electron chi connectivity index (χ0n) is 29.9. The highest BCUT2D eigenvalue weighted by Crippen LogP contribution is 2.59. The molecule has 8 rings (SSSR count). The Bertz CT molecular complexity index is 1820. The minimum absolute atomic E-state index is 0.0133. The number of halogens is 1. The summed E-state index contributed by atoms with van der Waals surface area (Å²) in [5.41, 5.74) is 4.91. The van der Waals surface area contributed by atoms with Gasteiger partial charge < -0.3 is 14.6 Å². The minimum Gasteiger partial charge on any atom is -0.461 e. The fourth-order valence-electron chi connectivity index (χ4n) is 9.18. The molecule has 4 aromatic rings. The van der Waals surface area contributed by atoms with Gasteiger partial charge in [-0.05, 0) is 110 Å². The summed E-state index contributed by atoms with van der Waals surface area (Å²) in [5.74, 6) is 0.159. The molecule has 1 saturated heterocycles. The average Bonchev–Trinajstić information content (AvgIpc) is 3.76. The number of aliphatic hydroxyl groups excluding tert-OH is 1. The number of carbonyl (C=O) groups is 1. The first kappa shape index (κ1) is 35.9. The topological polar surface area (TPSA) is 77.2 Å². The number of fused-ring (bicyclic) bond motifs is 8. The molecule has 5 unspecified atom stereocenters. The van der Waals surface area contributed by atoms with Crippen LogP contribution in [0.2, 0.25) is 5.02 Å². The van der Waals surface area contributed by atoms with Gasteiger partial charge in [0.1, 0.15) is 0 Å². The molecular formula is C44H51ClN2O4. The standard InChI is InChI=1S/C44H51ClN2O4/c1-31-8-6-21-43(2)39(37-19-13-32(28-36(48)18-12-31)29-38(37)42(49)40-11-7-27-51-40)20-22-44(43,50)30-46-23-25-47(26-24-46)41(33-9-4-3-5-10-33)34-14-16-35(45)17-15-34/h3-5,7-11,13-17,19,27,29,36,39,41,48,50H,6,12,18,20-26,28,30H2,1-2H3. The molecule has 2 N–H and O–H groups in total. The first-order valence-electron chi connectivity index (χ1n) is 18.7. The average molecular weight is 707 g/mol. The van der Waals surface area contributed by atoms with Gasteiger partial charge in [0, 0.05) is 48.7 Å². The number of hydrogen-bond acceptors (Lipinski definition) is 6. The Morgan fingerprint density at radius 1 is 0.941 bits per heavy atom. The van der Waals surface area contributed by atoms with Gasteiger partial charge >= 0.3 is 0 Å². The van der Waals surface area contributed by atoms with Crippen LogP contribution in [0.15, 0.2) is 107 Å². The summed E-state index contributed by atoms with van der Waals surface area (Å²) in [7, 11) is 0. The Kier molecular flexibility index (Phi) is 10.7. The summed E-state index contributed by atoms with van der Waals surface area (Å²) in [6, 6.07) is 28.7. The molecule has 6 nitrogen and oxygen atoms in total. The van der Waals surface area contributed by atoms with Crippen molar-refractivity contribution < 1.29 is 19.4 Å². The molecule has 1 saturated carbocycles. The van der Waals surface area contributed by atoms with E-state index in [1.54, 1.807) is 12.1 Å². The first-order chi connectivity index (χ1) is 24.6. The van der Waals surface area contributed by atoms with Crippen molar-refractivity contribution in [2.24, 2.45) is 5.41 Å². The molecule has 2 bridgehead atoms. The van der Waals surface area contributed by atoms with Crippen LogP contribution in [0, 0.1) is 5.41 Å². The molecule has 268 valence electrons. The molecule has 4 aliphatic rings. The van der Waals surface area contributed by atoms with E-state index < -0.39 is 17.1 Å². The number of nitrogens with zero attached hydrogens (tertiary/aromatic N) is 2. The van der Waals surface area contributed by atoms with Crippen molar-refractivity contribution in [1.29, 1.82) is 0 Å². The number of furan rings is 1. The lowest BCUT2D eigenvalue weighted by Gasteiger charge is -2.48. The van der Waals surface area contributed by atoms with Crippen LogP contribution in [-0.2, 0) is 6.42 Å². The lowest BCUT2D eigenvalue weighted by atomic mass is 9.64. The number of β-amino-alcohol motifs (C(OH)–C–C–N with tert-alkyl or cyclic N) is 1. The molecule has 1 aliphatic heterocycles. The van der Waals surface area contributed by atoms with Crippen molar-refractivity contribution in [3.63, 3.8) is 0 Å². The van der Waals surface area contributed by atoms with Gasteiger partial charge in [-0.2, -0.15) is 0 Å². The summed E-state index contributed by atoms with van der Waals surface area (Å²) < 4.78 is 5.60. The number of aliphatic hydroxyl groups is 2. The molecule has 1 aromatic heterocycles. The highest BCUT2D eigenvalue weighted by atomic mass is 35.5. The molecule has 3 aliphatic carbocycles. The van der Waals surface area contributed by atoms with Crippen LogP contribution in [0.3, 0.4) is 0 Å². The first-order valence-corrected chi connectivity index (χ1v) is 19.1. The quantitative estimate of drug-likeness (QED) is 0.148. The van der Waals surface area contributed by atoms with Crippen molar-refractivity contribution in [2.45, 2.75) is 82.5 Å². The molecule has 51 heavy (non-hydrogen) atoms. The van der Waals surface area contributed by atoms with Crippen LogP contribution < -0.4 is 0 Å². The van der Waals surface area contributed by atoms with E-state index in [0.717, 1.165) is 68.0 Å². The molecule has 5 atom stereocenters. The highest BCUT2D eigenvalue weighted by molar-refractivity contribution is 6.30. The third kappa shape index (κ3) is 7.53. The molecular weight excluding hydrogens is 656 g/mol. The fourth-order valence-corrected chi connectivity index (χ4v) is 9.31. The van der Waals surface area contributed by atoms with E-state index in [2.05, 4.69) is 84.3 Å². The van der Waals surface area contributed by atoms with E-state index in [1.807, 2.05) is 18.2 Å². The number of rotatable bonds is 7. The van der Waals surface area contributed by atoms with Crippen LogP contribution in [0.1, 0.15) is 103 Å². The maximum Gasteiger partial charge on any atom is 0.228 e. The van der Waals surface area contributed by atoms with Crippen molar-refractivity contribution in [3.8, 4) is 0 Å². The molecule has 2 heterocycles. The van der Waals surface area contributed by atoms with Gasteiger partial charge in [-0.3, -0.25) is 14.6 Å². The van der Waals surface area contributed by atoms with Crippen molar-refractivity contribution in [1.82, 2.24) is 9.80 Å². The minimum atomic E-state index is -0.937. The molecule has 3 aromatic carbocycles. The normalized spacial score (nSPS) is 27.0. The lowest BCUT2D eigenvalue weighted by molar-refractivity contribution is -0.0894. The van der Waals surface area contributed by atoms with E-state index in [0.29, 0.717) is 37.1 Å². The number of hydrogen-bond donors (Lipinski definition) is 2. The van der Waals surface area contributed by atoms with Gasteiger partial charge in [-0.15, -0.1) is 0 Å². The maximum absolute atomic E-state index is 14.0. The monoisotopic (exact) mass is 706 g/mol. The number of ketones is 1. The van der Waals surface area contributed by atoms with Crippen molar-refractivity contribution in [3.05, 3.63) is 141 Å². The van der Waals surface area contributed by atoms with Crippen LogP contribution in [0.25, 0.3) is 0 Å². The van der Waals surface area contributed by atoms with E-state index in [4.69, 9.17) is 16.0 Å². The second kappa shape index (κ2) is 15.2. The van der Waals surface area contributed by atoms with Gasteiger partial charge in [0.05, 0.1) is 24.0 Å². The Morgan fingerprint density at radius 2 is 1.69 bits per heavy atom. The third-order valence-corrected chi connectivity index (χ3v) is 12.5. The van der Waals surface area contributed by atoms with Crippen LogP contribution in [0.5, 0.6) is 0 Å². The summed E-state index contributed by atoms with van der Waals surface area (Å²) >= 11 is 6.28. The highest BCUT2D eigenvalue weighted by Gasteiger charge is 2.57. The van der Waals surface area contributed by atoms with Crippen LogP contribution in [0.4, 0.5) is 0 Å². The van der Waals surface area contributed by atoms with E-state index >= 15 is 0 Å². The second-order valence-corrected chi connectivity index (χ2v) is 15.9. The van der Waals surface area contributed by atoms with E-state index in [-0.39, 0.29) is 17.7 Å². The molecule has 0 amide bonds. The molecule has 2 fully saturated rings. The molecule has 0 radical (unpaired) electrons. The Morgan fingerprint density at radius 3 is 2.41 bits per heavy atom. The fraction of sp³-hybridized carbons (Fsp3) is 0.432. The predicted octanol–water partition coefficient (Wildman–Crippen LogP) is 8.61. The lowest BCUT2D eigenvalue weighted by Crippen LogP contribution is -2.56. The summed E-state index contributed by atoms with van der Waals surface area (Å²) in [5, 5.41) is 24.5. The van der Waals surface area contributed by atoms with E-state index in [1.165, 1.54) is 23.0 Å². The predicted molar refractivity (Wildman–Crippen MR) is 203 cm³/mol. The largest absolute Gasteiger partial charge is 0.461 e. The molecule has 7 heteroatoms. The zero-order valence-corrected chi connectivity index (χ0v) is 30.7. The zero-order chi connectivity index (χ0) is 35.6. The van der Waals surface area contributed by atoms with E-state index in [9.17, 15) is 15.0 Å². The smallest absolute Gasteiger partial charge is 0.228 e. The summed E-state index contributed by atoms with van der Waals surface area (Å²) in [6.07, 6.45) is 8.45.